The second-order valence-electron chi connectivity index (χ2n) is 7.21. The molecule has 2 amide bonds. The largest absolute Gasteiger partial charge is 0.462 e. The van der Waals surface area contributed by atoms with E-state index in [1.54, 1.807) is 19.1 Å². The van der Waals surface area contributed by atoms with E-state index in [0.29, 0.717) is 16.3 Å². The summed E-state index contributed by atoms with van der Waals surface area (Å²) in [5.74, 6) is -0.429. The van der Waals surface area contributed by atoms with E-state index in [0.717, 1.165) is 24.0 Å². The van der Waals surface area contributed by atoms with Crippen LogP contribution in [0.5, 0.6) is 0 Å². The molecule has 4 rings (SSSR count). The molecule has 0 spiro atoms. The molecule has 30 heavy (non-hydrogen) atoms. The minimum atomic E-state index is -0.429. The number of carbonyl (C=O) groups is 2. The van der Waals surface area contributed by atoms with Gasteiger partial charge in [0.15, 0.2) is 0 Å². The van der Waals surface area contributed by atoms with Gasteiger partial charge in [-0.3, -0.25) is 5.32 Å². The first-order valence-corrected chi connectivity index (χ1v) is 11.1. The summed E-state index contributed by atoms with van der Waals surface area (Å²) >= 11 is 1.33. The monoisotopic (exact) mass is 420 g/mol. The summed E-state index contributed by atoms with van der Waals surface area (Å²) < 4.78 is 5.30. The Morgan fingerprint density at radius 1 is 1.00 bits per heavy atom. The molecule has 1 heterocycles. The van der Waals surface area contributed by atoms with Crippen LogP contribution in [0.4, 0.5) is 15.5 Å². The highest BCUT2D eigenvalue weighted by atomic mass is 32.1. The smallest absolute Gasteiger partial charge is 0.341 e. The maximum absolute atomic E-state index is 12.8. The molecule has 0 aliphatic heterocycles. The van der Waals surface area contributed by atoms with Crippen molar-refractivity contribution in [3.05, 3.63) is 70.6 Å². The maximum atomic E-state index is 12.8. The number of amides is 2. The van der Waals surface area contributed by atoms with E-state index in [1.807, 2.05) is 23.6 Å². The summed E-state index contributed by atoms with van der Waals surface area (Å²) in [4.78, 5) is 25.2. The third kappa shape index (κ3) is 4.39. The molecule has 0 fully saturated rings. The molecule has 0 saturated carbocycles. The number of para-hydroxylation sites is 1. The van der Waals surface area contributed by atoms with Crippen molar-refractivity contribution in [1.82, 2.24) is 0 Å². The van der Waals surface area contributed by atoms with Gasteiger partial charge in [0.1, 0.15) is 10.6 Å². The fourth-order valence-corrected chi connectivity index (χ4v) is 4.71. The van der Waals surface area contributed by atoms with Crippen LogP contribution in [0.25, 0.3) is 11.1 Å². The van der Waals surface area contributed by atoms with Gasteiger partial charge in [-0.05, 0) is 61.4 Å². The summed E-state index contributed by atoms with van der Waals surface area (Å²) in [5, 5.41) is 7.99. The van der Waals surface area contributed by atoms with Crippen molar-refractivity contribution in [1.29, 1.82) is 0 Å². The molecule has 6 heteroatoms. The van der Waals surface area contributed by atoms with Crippen LogP contribution in [0.1, 0.15) is 41.3 Å². The van der Waals surface area contributed by atoms with Crippen LogP contribution in [-0.4, -0.2) is 18.6 Å². The molecule has 5 nitrogen and oxygen atoms in total. The summed E-state index contributed by atoms with van der Waals surface area (Å²) in [6.45, 7) is 2.05. The van der Waals surface area contributed by atoms with E-state index >= 15 is 0 Å². The van der Waals surface area contributed by atoms with Gasteiger partial charge in [0.25, 0.3) is 0 Å². The van der Waals surface area contributed by atoms with Crippen molar-refractivity contribution in [3.8, 4) is 11.1 Å². The second-order valence-corrected chi connectivity index (χ2v) is 8.09. The number of anilines is 2. The van der Waals surface area contributed by atoms with E-state index in [4.69, 9.17) is 4.74 Å². The Balaban J connectivity index is 1.64. The molecule has 154 valence electrons. The lowest BCUT2D eigenvalue weighted by molar-refractivity contribution is 0.0529. The van der Waals surface area contributed by atoms with Crippen molar-refractivity contribution in [2.45, 2.75) is 32.6 Å². The fourth-order valence-electron chi connectivity index (χ4n) is 3.76. The average molecular weight is 421 g/mol. The lowest BCUT2D eigenvalue weighted by Crippen LogP contribution is -2.20. The van der Waals surface area contributed by atoms with Crippen LogP contribution in [-0.2, 0) is 17.6 Å². The first-order valence-electron chi connectivity index (χ1n) is 10.2. The van der Waals surface area contributed by atoms with Gasteiger partial charge in [-0.1, -0.05) is 36.4 Å². The second kappa shape index (κ2) is 9.13. The van der Waals surface area contributed by atoms with Crippen LogP contribution in [0.15, 0.2) is 53.9 Å². The van der Waals surface area contributed by atoms with Gasteiger partial charge >= 0.3 is 12.0 Å². The van der Waals surface area contributed by atoms with Crippen LogP contribution in [0.2, 0.25) is 0 Å². The Labute approximate surface area is 180 Å². The number of urea groups is 1. The number of nitrogens with one attached hydrogen (secondary N) is 2. The predicted octanol–water partition coefficient (Wildman–Crippen LogP) is 6.11. The van der Waals surface area contributed by atoms with Gasteiger partial charge in [0.2, 0.25) is 0 Å². The Morgan fingerprint density at radius 3 is 2.53 bits per heavy atom. The Hall–Kier alpha value is -3.12. The van der Waals surface area contributed by atoms with Crippen molar-refractivity contribution in [2.75, 3.05) is 17.2 Å². The number of hydrogen-bond acceptors (Lipinski definition) is 4. The number of aryl methyl sites for hydroxylation is 2. The molecule has 0 bridgehead atoms. The van der Waals surface area contributed by atoms with E-state index in [2.05, 4.69) is 28.8 Å². The molecule has 0 unspecified atom stereocenters. The molecule has 3 aromatic rings. The van der Waals surface area contributed by atoms with Crippen molar-refractivity contribution in [2.24, 2.45) is 0 Å². The Morgan fingerprint density at radius 2 is 1.77 bits per heavy atom. The predicted molar refractivity (Wildman–Crippen MR) is 121 cm³/mol. The van der Waals surface area contributed by atoms with E-state index < -0.39 is 12.0 Å². The number of carbonyl (C=O) groups excluding carboxylic acids is 2. The zero-order valence-corrected chi connectivity index (χ0v) is 17.7. The number of hydrogen-bond donors (Lipinski definition) is 2. The standard InChI is InChI=1S/C24H24N2O3S/c1-2-29-23(27)21-20(18-13-12-16-8-6-7-9-17(16)14-18)15-30-22(21)26-24(28)25-19-10-4-3-5-11-19/h3-5,10-15H,2,6-9H2,1H3,(H2,25,26,28). The minimum Gasteiger partial charge on any atom is -0.462 e. The van der Waals surface area contributed by atoms with Crippen molar-refractivity contribution in [3.63, 3.8) is 0 Å². The highest BCUT2D eigenvalue weighted by Gasteiger charge is 2.23. The molecule has 1 aliphatic carbocycles. The number of benzene rings is 2. The molecular formula is C24H24N2O3S. The maximum Gasteiger partial charge on any atom is 0.341 e. The normalized spacial score (nSPS) is 12.7. The van der Waals surface area contributed by atoms with Crippen molar-refractivity contribution < 1.29 is 14.3 Å². The fraction of sp³-hybridized carbons (Fsp3) is 0.250. The van der Waals surface area contributed by atoms with Gasteiger partial charge in [0, 0.05) is 16.6 Å². The SMILES string of the molecule is CCOC(=O)c1c(-c2ccc3c(c2)CCCC3)csc1NC(=O)Nc1ccccc1. The van der Waals surface area contributed by atoms with E-state index in [-0.39, 0.29) is 6.61 Å². The molecule has 2 N–H and O–H groups in total. The number of ether oxygens (including phenoxy) is 1. The lowest BCUT2D eigenvalue weighted by atomic mass is 9.89. The van der Waals surface area contributed by atoms with Gasteiger partial charge in [-0.25, -0.2) is 9.59 Å². The highest BCUT2D eigenvalue weighted by molar-refractivity contribution is 7.15. The van der Waals surface area contributed by atoms with Crippen molar-refractivity contribution >= 4 is 34.0 Å². The Bertz CT molecular complexity index is 1060. The third-order valence-electron chi connectivity index (χ3n) is 5.19. The summed E-state index contributed by atoms with van der Waals surface area (Å²) in [5.41, 5.74) is 5.59. The number of esters is 1. The third-order valence-corrected chi connectivity index (χ3v) is 6.08. The molecule has 1 aromatic heterocycles. The quantitative estimate of drug-likeness (QED) is 0.489. The van der Waals surface area contributed by atoms with E-state index in [1.165, 1.54) is 35.3 Å². The van der Waals surface area contributed by atoms with Gasteiger partial charge < -0.3 is 10.1 Å². The molecule has 0 atom stereocenters. The summed E-state index contributed by atoms with van der Waals surface area (Å²) in [6.07, 6.45) is 4.59. The van der Waals surface area contributed by atoms with Crippen LogP contribution >= 0.6 is 11.3 Å². The number of thiophene rings is 1. The molecular weight excluding hydrogens is 396 g/mol. The van der Waals surface area contributed by atoms with E-state index in [9.17, 15) is 9.59 Å². The van der Waals surface area contributed by atoms with Crippen LogP contribution < -0.4 is 10.6 Å². The summed E-state index contributed by atoms with van der Waals surface area (Å²) in [7, 11) is 0. The zero-order chi connectivity index (χ0) is 20.9. The highest BCUT2D eigenvalue weighted by Crippen LogP contribution is 2.38. The summed E-state index contributed by atoms with van der Waals surface area (Å²) in [6, 6.07) is 15.2. The Kier molecular flexibility index (Phi) is 6.14. The molecule has 1 aliphatic rings. The van der Waals surface area contributed by atoms with Crippen LogP contribution in [0.3, 0.4) is 0 Å². The van der Waals surface area contributed by atoms with Gasteiger partial charge in [-0.2, -0.15) is 0 Å². The van der Waals surface area contributed by atoms with Crippen LogP contribution in [0, 0.1) is 0 Å². The van der Waals surface area contributed by atoms with Gasteiger partial charge in [0.05, 0.1) is 6.61 Å². The lowest BCUT2D eigenvalue weighted by Gasteiger charge is -2.17. The molecule has 2 aromatic carbocycles. The first-order chi connectivity index (χ1) is 14.7. The molecule has 0 radical (unpaired) electrons. The zero-order valence-electron chi connectivity index (χ0n) is 16.9. The number of rotatable bonds is 5. The molecule has 0 saturated heterocycles. The minimum absolute atomic E-state index is 0.272. The first kappa shape index (κ1) is 20.2. The topological polar surface area (TPSA) is 67.4 Å². The van der Waals surface area contributed by atoms with Gasteiger partial charge in [-0.15, -0.1) is 11.3 Å². The average Bonchev–Trinajstić information content (AvgIpc) is 3.17. The number of fused-ring (bicyclic) bond motifs is 1.